The van der Waals surface area contributed by atoms with Crippen LogP contribution in [0.4, 0.5) is 8.78 Å². The smallest absolute Gasteiger partial charge is 0.138 e. The molecule has 0 aliphatic heterocycles. The average molecular weight is 292 g/mol. The van der Waals surface area contributed by atoms with Gasteiger partial charge in [0, 0.05) is 18.2 Å². The Hall–Kier alpha value is -2.01. The van der Waals surface area contributed by atoms with E-state index in [0.717, 1.165) is 23.9 Å². The highest BCUT2D eigenvalue weighted by atomic mass is 19.1. The molecule has 2 aromatic rings. The minimum absolute atomic E-state index is 0.0329. The van der Waals surface area contributed by atoms with E-state index in [0.29, 0.717) is 18.3 Å². The maximum Gasteiger partial charge on any atom is 0.138 e. The molecule has 1 aromatic heterocycles. The zero-order valence-electron chi connectivity index (χ0n) is 12.1. The molecule has 2 rings (SSSR count). The van der Waals surface area contributed by atoms with Gasteiger partial charge in [0.25, 0.3) is 0 Å². The van der Waals surface area contributed by atoms with E-state index in [1.54, 1.807) is 12.3 Å². The highest BCUT2D eigenvalue weighted by molar-refractivity contribution is 5.22. The third-order valence-electron chi connectivity index (χ3n) is 2.89. The fraction of sp³-hybridized carbons (Fsp3) is 0.312. The van der Waals surface area contributed by atoms with Crippen molar-refractivity contribution in [3.63, 3.8) is 0 Å². The van der Waals surface area contributed by atoms with Gasteiger partial charge in [0.1, 0.15) is 24.0 Å². The topological polar surface area (TPSA) is 34.1 Å². The normalized spacial score (nSPS) is 10.9. The summed E-state index contributed by atoms with van der Waals surface area (Å²) < 4.78 is 31.9. The molecule has 3 nitrogen and oxygen atoms in total. The molecule has 5 heteroatoms. The van der Waals surface area contributed by atoms with E-state index >= 15 is 0 Å². The molecule has 0 aliphatic rings. The van der Waals surface area contributed by atoms with Gasteiger partial charge in [-0.3, -0.25) is 4.98 Å². The van der Waals surface area contributed by atoms with E-state index in [1.807, 2.05) is 6.07 Å². The predicted octanol–water partition coefficient (Wildman–Crippen LogP) is 3.44. The first-order valence-electron chi connectivity index (χ1n) is 6.79. The van der Waals surface area contributed by atoms with Crippen molar-refractivity contribution in [1.29, 1.82) is 0 Å². The molecule has 0 spiro atoms. The Kier molecular flexibility index (Phi) is 5.22. The third kappa shape index (κ3) is 4.79. The summed E-state index contributed by atoms with van der Waals surface area (Å²) >= 11 is 0. The van der Waals surface area contributed by atoms with Gasteiger partial charge in [-0.2, -0.15) is 0 Å². The maximum atomic E-state index is 13.4. The largest absolute Gasteiger partial charge is 0.487 e. The number of nitrogens with one attached hydrogen (secondary N) is 1. The van der Waals surface area contributed by atoms with E-state index in [-0.39, 0.29) is 12.2 Å². The fourth-order valence-electron chi connectivity index (χ4n) is 1.72. The summed E-state index contributed by atoms with van der Waals surface area (Å²) in [5.41, 5.74) is 1.08. The van der Waals surface area contributed by atoms with Crippen LogP contribution < -0.4 is 10.1 Å². The van der Waals surface area contributed by atoms with E-state index in [4.69, 9.17) is 4.74 Å². The molecule has 0 amide bonds. The van der Waals surface area contributed by atoms with Crippen molar-refractivity contribution in [3.8, 4) is 5.75 Å². The molecule has 0 saturated carbocycles. The zero-order valence-corrected chi connectivity index (χ0v) is 12.1. The predicted molar refractivity (Wildman–Crippen MR) is 76.9 cm³/mol. The molecule has 1 aromatic carbocycles. The van der Waals surface area contributed by atoms with E-state index in [2.05, 4.69) is 24.1 Å². The molecule has 0 bridgehead atoms. The molecule has 21 heavy (non-hydrogen) atoms. The number of hydrogen-bond donors (Lipinski definition) is 1. The third-order valence-corrected chi connectivity index (χ3v) is 2.89. The highest BCUT2D eigenvalue weighted by Crippen LogP contribution is 2.15. The van der Waals surface area contributed by atoms with Gasteiger partial charge in [-0.25, -0.2) is 8.78 Å². The van der Waals surface area contributed by atoms with Gasteiger partial charge in [-0.15, -0.1) is 0 Å². The Labute approximate surface area is 123 Å². The first-order chi connectivity index (χ1) is 10.0. The second-order valence-electron chi connectivity index (χ2n) is 5.05. The molecule has 1 N–H and O–H groups in total. The lowest BCUT2D eigenvalue weighted by Gasteiger charge is -2.09. The molecular formula is C16H18F2N2O. The van der Waals surface area contributed by atoms with Crippen LogP contribution in [0.25, 0.3) is 0 Å². The minimum Gasteiger partial charge on any atom is -0.487 e. The fourth-order valence-corrected chi connectivity index (χ4v) is 1.72. The number of rotatable bonds is 6. The Morgan fingerprint density at radius 3 is 2.67 bits per heavy atom. The second kappa shape index (κ2) is 7.13. The number of halogens is 2. The van der Waals surface area contributed by atoms with Crippen molar-refractivity contribution in [3.05, 3.63) is 59.4 Å². The summed E-state index contributed by atoms with van der Waals surface area (Å²) in [5.74, 6) is -0.447. The molecule has 0 aliphatic carbocycles. The SMILES string of the molecule is CC(C)NCc1ccc(OCc2cc(F)ccc2F)cn1. The molecule has 1 heterocycles. The standard InChI is InChI=1S/C16H18F2N2O/c1-11(2)19-8-14-4-5-15(9-20-14)21-10-12-7-13(17)3-6-16(12)18/h3-7,9,11,19H,8,10H2,1-2H3. The van der Waals surface area contributed by atoms with Crippen molar-refractivity contribution >= 4 is 0 Å². The average Bonchev–Trinajstić information content (AvgIpc) is 2.47. The van der Waals surface area contributed by atoms with Crippen LogP contribution in [0, 0.1) is 11.6 Å². The quantitative estimate of drug-likeness (QED) is 0.885. The number of benzene rings is 1. The lowest BCUT2D eigenvalue weighted by Crippen LogP contribution is -2.22. The number of aromatic nitrogens is 1. The lowest BCUT2D eigenvalue weighted by molar-refractivity contribution is 0.297. The van der Waals surface area contributed by atoms with Gasteiger partial charge in [-0.1, -0.05) is 13.8 Å². The number of hydrogen-bond acceptors (Lipinski definition) is 3. The van der Waals surface area contributed by atoms with Crippen LogP contribution >= 0.6 is 0 Å². The monoisotopic (exact) mass is 292 g/mol. The van der Waals surface area contributed by atoms with Crippen molar-refractivity contribution < 1.29 is 13.5 Å². The van der Waals surface area contributed by atoms with Crippen molar-refractivity contribution in [2.24, 2.45) is 0 Å². The minimum atomic E-state index is -0.484. The van der Waals surface area contributed by atoms with Gasteiger partial charge < -0.3 is 10.1 Å². The molecule has 0 unspecified atom stereocenters. The van der Waals surface area contributed by atoms with Crippen LogP contribution in [-0.4, -0.2) is 11.0 Å². The molecular weight excluding hydrogens is 274 g/mol. The summed E-state index contributed by atoms with van der Waals surface area (Å²) in [6.07, 6.45) is 1.58. The van der Waals surface area contributed by atoms with E-state index in [9.17, 15) is 8.78 Å². The Morgan fingerprint density at radius 1 is 1.19 bits per heavy atom. The van der Waals surface area contributed by atoms with Gasteiger partial charge in [0.15, 0.2) is 0 Å². The highest BCUT2D eigenvalue weighted by Gasteiger charge is 2.05. The first-order valence-corrected chi connectivity index (χ1v) is 6.79. The Balaban J connectivity index is 1.93. The first kappa shape index (κ1) is 15.4. The van der Waals surface area contributed by atoms with Crippen LogP contribution in [0.15, 0.2) is 36.5 Å². The number of ether oxygens (including phenoxy) is 1. The molecule has 0 fully saturated rings. The second-order valence-corrected chi connectivity index (χ2v) is 5.05. The summed E-state index contributed by atoms with van der Waals surface area (Å²) in [7, 11) is 0. The van der Waals surface area contributed by atoms with Gasteiger partial charge >= 0.3 is 0 Å². The van der Waals surface area contributed by atoms with Crippen molar-refractivity contribution in [1.82, 2.24) is 10.3 Å². The van der Waals surface area contributed by atoms with E-state index < -0.39 is 11.6 Å². The lowest BCUT2D eigenvalue weighted by atomic mass is 10.2. The van der Waals surface area contributed by atoms with Crippen LogP contribution in [0.3, 0.4) is 0 Å². The molecule has 0 saturated heterocycles. The van der Waals surface area contributed by atoms with Gasteiger partial charge in [0.2, 0.25) is 0 Å². The molecule has 112 valence electrons. The molecule has 0 radical (unpaired) electrons. The van der Waals surface area contributed by atoms with Crippen molar-refractivity contribution in [2.75, 3.05) is 0 Å². The number of pyridine rings is 1. The number of nitrogens with zero attached hydrogens (tertiary/aromatic N) is 1. The van der Waals surface area contributed by atoms with Gasteiger partial charge in [0.05, 0.1) is 11.9 Å². The summed E-state index contributed by atoms with van der Waals surface area (Å²) in [5, 5.41) is 3.26. The molecule has 0 atom stereocenters. The van der Waals surface area contributed by atoms with Crippen LogP contribution in [-0.2, 0) is 13.2 Å². The zero-order chi connectivity index (χ0) is 15.2. The summed E-state index contributed by atoms with van der Waals surface area (Å²) in [6.45, 7) is 4.77. The summed E-state index contributed by atoms with van der Waals surface area (Å²) in [4.78, 5) is 4.25. The maximum absolute atomic E-state index is 13.4. The summed E-state index contributed by atoms with van der Waals surface area (Å²) in [6, 6.07) is 7.29. The Morgan fingerprint density at radius 2 is 2.00 bits per heavy atom. The van der Waals surface area contributed by atoms with Gasteiger partial charge in [-0.05, 0) is 30.3 Å². The van der Waals surface area contributed by atoms with E-state index in [1.165, 1.54) is 0 Å². The Bertz CT molecular complexity index is 585. The van der Waals surface area contributed by atoms with Crippen molar-refractivity contribution in [2.45, 2.75) is 33.0 Å². The van der Waals surface area contributed by atoms with Crippen LogP contribution in [0.2, 0.25) is 0 Å². The van der Waals surface area contributed by atoms with Crippen LogP contribution in [0.1, 0.15) is 25.1 Å². The van der Waals surface area contributed by atoms with Crippen LogP contribution in [0.5, 0.6) is 5.75 Å².